The van der Waals surface area contributed by atoms with Crippen LogP contribution in [-0.4, -0.2) is 16.2 Å². The van der Waals surface area contributed by atoms with Crippen LogP contribution in [0.4, 0.5) is 4.39 Å². The van der Waals surface area contributed by atoms with Crippen LogP contribution in [0.1, 0.15) is 18.7 Å². The van der Waals surface area contributed by atoms with Gasteiger partial charge in [-0.2, -0.15) is 0 Å². The van der Waals surface area contributed by atoms with Gasteiger partial charge in [0.05, 0.1) is 12.6 Å². The van der Waals surface area contributed by atoms with Crippen molar-refractivity contribution in [2.75, 3.05) is 6.67 Å². The SMILES string of the molecule is FCC1(Cn2ccnc2CCl)CC1. The van der Waals surface area contributed by atoms with Gasteiger partial charge in [0, 0.05) is 24.4 Å². The van der Waals surface area contributed by atoms with E-state index in [2.05, 4.69) is 4.98 Å². The monoisotopic (exact) mass is 202 g/mol. The summed E-state index contributed by atoms with van der Waals surface area (Å²) < 4.78 is 14.6. The molecular weight excluding hydrogens is 191 g/mol. The molecule has 0 radical (unpaired) electrons. The van der Waals surface area contributed by atoms with Gasteiger partial charge in [-0.15, -0.1) is 11.6 Å². The molecule has 0 saturated heterocycles. The topological polar surface area (TPSA) is 17.8 Å². The molecule has 1 aliphatic carbocycles. The Balaban J connectivity index is 2.09. The number of nitrogens with zero attached hydrogens (tertiary/aromatic N) is 2. The molecule has 1 fully saturated rings. The molecule has 0 atom stereocenters. The summed E-state index contributed by atoms with van der Waals surface area (Å²) in [6.07, 6.45) is 5.56. The van der Waals surface area contributed by atoms with E-state index in [1.54, 1.807) is 6.20 Å². The maximum absolute atomic E-state index is 12.6. The molecule has 2 nitrogen and oxygen atoms in total. The Bertz CT molecular complexity index is 294. The van der Waals surface area contributed by atoms with Gasteiger partial charge in [0.1, 0.15) is 5.82 Å². The average molecular weight is 203 g/mol. The predicted octanol–water partition coefficient (Wildman–Crippen LogP) is 2.37. The Morgan fingerprint density at radius 3 is 2.92 bits per heavy atom. The zero-order valence-electron chi connectivity index (χ0n) is 7.34. The van der Waals surface area contributed by atoms with E-state index in [-0.39, 0.29) is 12.1 Å². The quantitative estimate of drug-likeness (QED) is 0.686. The van der Waals surface area contributed by atoms with E-state index >= 15 is 0 Å². The molecule has 0 aromatic carbocycles. The minimum absolute atomic E-state index is 0.0957. The van der Waals surface area contributed by atoms with E-state index in [0.29, 0.717) is 5.88 Å². The van der Waals surface area contributed by atoms with Gasteiger partial charge in [0.15, 0.2) is 0 Å². The van der Waals surface area contributed by atoms with Crippen molar-refractivity contribution in [2.45, 2.75) is 25.3 Å². The zero-order chi connectivity index (χ0) is 9.31. The summed E-state index contributed by atoms with van der Waals surface area (Å²) in [6.45, 7) is 0.498. The van der Waals surface area contributed by atoms with Crippen molar-refractivity contribution in [2.24, 2.45) is 5.41 Å². The van der Waals surface area contributed by atoms with E-state index < -0.39 is 0 Å². The van der Waals surface area contributed by atoms with Gasteiger partial charge in [-0.05, 0) is 12.8 Å². The van der Waals surface area contributed by atoms with Crippen molar-refractivity contribution in [3.8, 4) is 0 Å². The van der Waals surface area contributed by atoms with E-state index in [1.807, 2.05) is 10.8 Å². The molecule has 1 aromatic rings. The zero-order valence-corrected chi connectivity index (χ0v) is 8.10. The molecule has 2 rings (SSSR count). The van der Waals surface area contributed by atoms with Crippen LogP contribution in [0.2, 0.25) is 0 Å². The van der Waals surface area contributed by atoms with Gasteiger partial charge in [-0.3, -0.25) is 4.39 Å². The Morgan fingerprint density at radius 2 is 2.38 bits per heavy atom. The average Bonchev–Trinajstić information content (AvgIpc) is 2.78. The molecule has 4 heteroatoms. The van der Waals surface area contributed by atoms with E-state index in [9.17, 15) is 4.39 Å². The number of imidazole rings is 1. The molecule has 0 unspecified atom stereocenters. The van der Waals surface area contributed by atoms with Gasteiger partial charge in [0.2, 0.25) is 0 Å². The molecule has 13 heavy (non-hydrogen) atoms. The first-order valence-corrected chi connectivity index (χ1v) is 4.95. The van der Waals surface area contributed by atoms with Gasteiger partial charge in [-0.1, -0.05) is 0 Å². The standard InChI is InChI=1S/C9H12ClFN2/c10-5-8-12-3-4-13(8)7-9(6-11)1-2-9/h3-4H,1-2,5-7H2. The molecule has 1 aromatic heterocycles. The normalized spacial score (nSPS) is 18.9. The number of halogens is 2. The third-order valence-electron chi connectivity index (χ3n) is 2.67. The first-order valence-electron chi connectivity index (χ1n) is 4.42. The molecule has 0 amide bonds. The van der Waals surface area contributed by atoms with Crippen molar-refractivity contribution in [3.05, 3.63) is 18.2 Å². The fourth-order valence-corrected chi connectivity index (χ4v) is 1.71. The number of aromatic nitrogens is 2. The van der Waals surface area contributed by atoms with Crippen LogP contribution in [0.25, 0.3) is 0 Å². The number of alkyl halides is 2. The molecule has 0 aliphatic heterocycles. The summed E-state index contributed by atoms with van der Waals surface area (Å²) in [6, 6.07) is 0. The summed E-state index contributed by atoms with van der Waals surface area (Å²) in [5, 5.41) is 0. The lowest BCUT2D eigenvalue weighted by Gasteiger charge is -2.12. The van der Waals surface area contributed by atoms with E-state index in [4.69, 9.17) is 11.6 Å². The van der Waals surface area contributed by atoms with Gasteiger partial charge >= 0.3 is 0 Å². The number of rotatable bonds is 4. The third-order valence-corrected chi connectivity index (χ3v) is 2.91. The van der Waals surface area contributed by atoms with Crippen molar-refractivity contribution in [1.82, 2.24) is 9.55 Å². The molecular formula is C9H12ClFN2. The second-order valence-electron chi connectivity index (χ2n) is 3.74. The van der Waals surface area contributed by atoms with Crippen molar-refractivity contribution in [1.29, 1.82) is 0 Å². The summed E-state index contributed by atoms with van der Waals surface area (Å²) in [5.41, 5.74) is -0.0957. The van der Waals surface area contributed by atoms with Crippen LogP contribution in [0.15, 0.2) is 12.4 Å². The van der Waals surface area contributed by atoms with Crippen LogP contribution in [0, 0.1) is 5.41 Å². The van der Waals surface area contributed by atoms with Crippen LogP contribution in [0.3, 0.4) is 0 Å². The third kappa shape index (κ3) is 1.70. The number of hydrogen-bond donors (Lipinski definition) is 0. The second-order valence-corrected chi connectivity index (χ2v) is 4.01. The molecule has 0 spiro atoms. The highest BCUT2D eigenvalue weighted by atomic mass is 35.5. The highest BCUT2D eigenvalue weighted by Gasteiger charge is 2.43. The Kier molecular flexibility index (Phi) is 2.28. The Hall–Kier alpha value is -0.570. The van der Waals surface area contributed by atoms with Crippen LogP contribution in [0.5, 0.6) is 0 Å². The molecule has 72 valence electrons. The van der Waals surface area contributed by atoms with Crippen LogP contribution >= 0.6 is 11.6 Å². The smallest absolute Gasteiger partial charge is 0.123 e. The van der Waals surface area contributed by atoms with E-state index in [1.165, 1.54) is 0 Å². The number of hydrogen-bond acceptors (Lipinski definition) is 1. The lowest BCUT2D eigenvalue weighted by molar-refractivity contribution is 0.303. The Labute approximate surface area is 81.7 Å². The molecule has 0 N–H and O–H groups in total. The molecule has 1 aliphatic rings. The maximum atomic E-state index is 12.6. The fraction of sp³-hybridized carbons (Fsp3) is 0.667. The van der Waals surface area contributed by atoms with Crippen LogP contribution < -0.4 is 0 Å². The molecule has 1 heterocycles. The first kappa shape index (κ1) is 9.00. The maximum Gasteiger partial charge on any atom is 0.123 e. The molecule has 1 saturated carbocycles. The van der Waals surface area contributed by atoms with Gasteiger partial charge < -0.3 is 4.57 Å². The van der Waals surface area contributed by atoms with Crippen LogP contribution in [-0.2, 0) is 12.4 Å². The summed E-state index contributed by atoms with van der Waals surface area (Å²) >= 11 is 5.69. The summed E-state index contributed by atoms with van der Waals surface area (Å²) in [5.74, 6) is 1.23. The highest BCUT2D eigenvalue weighted by molar-refractivity contribution is 6.16. The summed E-state index contributed by atoms with van der Waals surface area (Å²) in [4.78, 5) is 4.09. The fourth-order valence-electron chi connectivity index (χ4n) is 1.49. The van der Waals surface area contributed by atoms with Gasteiger partial charge in [-0.25, -0.2) is 4.98 Å². The van der Waals surface area contributed by atoms with E-state index in [0.717, 1.165) is 25.2 Å². The van der Waals surface area contributed by atoms with Crippen molar-refractivity contribution in [3.63, 3.8) is 0 Å². The van der Waals surface area contributed by atoms with Gasteiger partial charge in [0.25, 0.3) is 0 Å². The lowest BCUT2D eigenvalue weighted by atomic mass is 10.1. The first-order chi connectivity index (χ1) is 6.29. The lowest BCUT2D eigenvalue weighted by Crippen LogP contribution is -2.14. The Morgan fingerprint density at radius 1 is 1.62 bits per heavy atom. The largest absolute Gasteiger partial charge is 0.333 e. The van der Waals surface area contributed by atoms with Crippen molar-refractivity contribution >= 4 is 11.6 Å². The minimum Gasteiger partial charge on any atom is -0.333 e. The molecule has 0 bridgehead atoms. The summed E-state index contributed by atoms with van der Waals surface area (Å²) in [7, 11) is 0. The second kappa shape index (κ2) is 3.29. The predicted molar refractivity (Wildman–Crippen MR) is 49.4 cm³/mol. The highest BCUT2D eigenvalue weighted by Crippen LogP contribution is 2.47. The minimum atomic E-state index is -0.229. The van der Waals surface area contributed by atoms with Crippen molar-refractivity contribution < 1.29 is 4.39 Å².